The summed E-state index contributed by atoms with van der Waals surface area (Å²) in [7, 11) is 0. The largest absolute Gasteiger partial charge is 0.326 e. The lowest BCUT2D eigenvalue weighted by atomic mass is 9.90. The summed E-state index contributed by atoms with van der Waals surface area (Å²) in [5, 5.41) is 3.65. The van der Waals surface area contributed by atoms with Crippen LogP contribution in [0.25, 0.3) is 0 Å². The van der Waals surface area contributed by atoms with Crippen molar-refractivity contribution in [1.29, 1.82) is 0 Å². The van der Waals surface area contributed by atoms with Gasteiger partial charge in [-0.05, 0) is 43.4 Å². The Labute approximate surface area is 118 Å². The summed E-state index contributed by atoms with van der Waals surface area (Å²) in [6.07, 6.45) is 6.85. The SMILES string of the molecule is CC(NC1CCCc2[nH]c(=O)ccc21)c1cccnc1. The predicted molar refractivity (Wildman–Crippen MR) is 78.5 cm³/mol. The lowest BCUT2D eigenvalue weighted by Gasteiger charge is -2.29. The summed E-state index contributed by atoms with van der Waals surface area (Å²) in [5.41, 5.74) is 3.49. The Balaban J connectivity index is 1.81. The van der Waals surface area contributed by atoms with Crippen molar-refractivity contribution in [2.24, 2.45) is 0 Å². The molecule has 2 aromatic rings. The van der Waals surface area contributed by atoms with Gasteiger partial charge in [0.2, 0.25) is 5.56 Å². The maximum absolute atomic E-state index is 11.4. The monoisotopic (exact) mass is 269 g/mol. The molecule has 2 heterocycles. The fourth-order valence-corrected chi connectivity index (χ4v) is 2.90. The Kier molecular flexibility index (Phi) is 3.65. The zero-order valence-corrected chi connectivity index (χ0v) is 11.6. The fraction of sp³-hybridized carbons (Fsp3) is 0.375. The molecule has 2 aromatic heterocycles. The molecule has 4 heteroatoms. The molecule has 1 aliphatic rings. The third-order valence-electron chi connectivity index (χ3n) is 3.97. The lowest BCUT2D eigenvalue weighted by molar-refractivity contribution is 0.411. The molecule has 2 atom stereocenters. The van der Waals surface area contributed by atoms with Gasteiger partial charge in [0.15, 0.2) is 0 Å². The minimum absolute atomic E-state index is 0.00953. The van der Waals surface area contributed by atoms with Gasteiger partial charge in [-0.3, -0.25) is 9.78 Å². The number of aromatic amines is 1. The molecule has 0 aromatic carbocycles. The molecule has 0 saturated carbocycles. The molecule has 0 saturated heterocycles. The topological polar surface area (TPSA) is 57.8 Å². The van der Waals surface area contributed by atoms with Gasteiger partial charge in [-0.25, -0.2) is 0 Å². The predicted octanol–water partition coefficient (Wildman–Crippen LogP) is 2.50. The van der Waals surface area contributed by atoms with E-state index in [9.17, 15) is 4.79 Å². The van der Waals surface area contributed by atoms with E-state index in [1.54, 1.807) is 12.3 Å². The Morgan fingerprint density at radius 3 is 3.10 bits per heavy atom. The van der Waals surface area contributed by atoms with E-state index in [0.717, 1.165) is 25.0 Å². The van der Waals surface area contributed by atoms with Gasteiger partial charge in [0.05, 0.1) is 0 Å². The molecular formula is C16H19N3O. The molecule has 3 rings (SSSR count). The Bertz CT molecular complexity index is 636. The van der Waals surface area contributed by atoms with Crippen LogP contribution in [0.2, 0.25) is 0 Å². The van der Waals surface area contributed by atoms with E-state index in [0.29, 0.717) is 6.04 Å². The number of hydrogen-bond acceptors (Lipinski definition) is 3. The van der Waals surface area contributed by atoms with Gasteiger partial charge < -0.3 is 10.3 Å². The van der Waals surface area contributed by atoms with Crippen LogP contribution in [0.4, 0.5) is 0 Å². The van der Waals surface area contributed by atoms with Crippen LogP contribution in [0.3, 0.4) is 0 Å². The second-order valence-electron chi connectivity index (χ2n) is 5.38. The van der Waals surface area contributed by atoms with Gasteiger partial charge in [-0.2, -0.15) is 0 Å². The highest BCUT2D eigenvalue weighted by Crippen LogP contribution is 2.29. The first-order valence-electron chi connectivity index (χ1n) is 7.12. The van der Waals surface area contributed by atoms with Crippen molar-refractivity contribution in [1.82, 2.24) is 15.3 Å². The highest BCUT2D eigenvalue weighted by molar-refractivity contribution is 5.27. The fourth-order valence-electron chi connectivity index (χ4n) is 2.90. The van der Waals surface area contributed by atoms with E-state index in [1.165, 1.54) is 11.1 Å². The minimum atomic E-state index is -0.00953. The van der Waals surface area contributed by atoms with Crippen LogP contribution in [-0.2, 0) is 6.42 Å². The molecule has 2 unspecified atom stereocenters. The van der Waals surface area contributed by atoms with Crippen molar-refractivity contribution in [3.8, 4) is 0 Å². The number of nitrogens with one attached hydrogen (secondary N) is 2. The summed E-state index contributed by atoms with van der Waals surface area (Å²) in [6, 6.07) is 8.16. The second kappa shape index (κ2) is 5.59. The zero-order chi connectivity index (χ0) is 13.9. The smallest absolute Gasteiger partial charge is 0.248 e. The van der Waals surface area contributed by atoms with Gasteiger partial charge in [-0.1, -0.05) is 12.1 Å². The molecular weight excluding hydrogens is 250 g/mol. The van der Waals surface area contributed by atoms with Crippen molar-refractivity contribution >= 4 is 0 Å². The second-order valence-corrected chi connectivity index (χ2v) is 5.38. The number of H-pyrrole nitrogens is 1. The average Bonchev–Trinajstić information content (AvgIpc) is 2.48. The first-order valence-corrected chi connectivity index (χ1v) is 7.12. The summed E-state index contributed by atoms with van der Waals surface area (Å²) in [5.74, 6) is 0. The molecule has 20 heavy (non-hydrogen) atoms. The molecule has 1 aliphatic carbocycles. The molecule has 0 bridgehead atoms. The van der Waals surface area contributed by atoms with Gasteiger partial charge in [0.1, 0.15) is 0 Å². The van der Waals surface area contributed by atoms with Crippen LogP contribution in [0.15, 0.2) is 41.5 Å². The minimum Gasteiger partial charge on any atom is -0.326 e. The molecule has 2 N–H and O–H groups in total. The highest BCUT2D eigenvalue weighted by atomic mass is 16.1. The Hall–Kier alpha value is -1.94. The number of hydrogen-bond donors (Lipinski definition) is 2. The van der Waals surface area contributed by atoms with E-state index in [2.05, 4.69) is 28.3 Å². The van der Waals surface area contributed by atoms with Crippen LogP contribution >= 0.6 is 0 Å². The van der Waals surface area contributed by atoms with Gasteiger partial charge in [-0.15, -0.1) is 0 Å². The third-order valence-corrected chi connectivity index (χ3v) is 3.97. The van der Waals surface area contributed by atoms with E-state index >= 15 is 0 Å². The molecule has 0 radical (unpaired) electrons. The first-order chi connectivity index (χ1) is 9.74. The van der Waals surface area contributed by atoms with Gasteiger partial charge >= 0.3 is 0 Å². The van der Waals surface area contributed by atoms with Crippen molar-refractivity contribution < 1.29 is 0 Å². The van der Waals surface area contributed by atoms with Crippen LogP contribution in [-0.4, -0.2) is 9.97 Å². The van der Waals surface area contributed by atoms with E-state index in [1.807, 2.05) is 18.3 Å². The molecule has 104 valence electrons. The van der Waals surface area contributed by atoms with Crippen LogP contribution in [0.5, 0.6) is 0 Å². The number of rotatable bonds is 3. The van der Waals surface area contributed by atoms with Crippen LogP contribution < -0.4 is 10.9 Å². The first kappa shape index (κ1) is 13.1. The van der Waals surface area contributed by atoms with Crippen molar-refractivity contribution in [2.45, 2.75) is 38.3 Å². The summed E-state index contributed by atoms with van der Waals surface area (Å²) >= 11 is 0. The highest BCUT2D eigenvalue weighted by Gasteiger charge is 2.22. The summed E-state index contributed by atoms with van der Waals surface area (Å²) in [4.78, 5) is 18.5. The number of aryl methyl sites for hydroxylation is 1. The molecule has 0 spiro atoms. The van der Waals surface area contributed by atoms with Crippen molar-refractivity contribution in [3.05, 3.63) is 63.8 Å². The third kappa shape index (κ3) is 2.65. The number of fused-ring (bicyclic) bond motifs is 1. The summed E-state index contributed by atoms with van der Waals surface area (Å²) in [6.45, 7) is 2.15. The van der Waals surface area contributed by atoms with Crippen LogP contribution in [0.1, 0.15) is 48.7 Å². The average molecular weight is 269 g/mol. The van der Waals surface area contributed by atoms with E-state index in [4.69, 9.17) is 0 Å². The summed E-state index contributed by atoms with van der Waals surface area (Å²) < 4.78 is 0. The quantitative estimate of drug-likeness (QED) is 0.900. The molecule has 4 nitrogen and oxygen atoms in total. The van der Waals surface area contributed by atoms with Crippen molar-refractivity contribution in [2.75, 3.05) is 0 Å². The molecule has 0 aliphatic heterocycles. The Morgan fingerprint density at radius 1 is 1.40 bits per heavy atom. The Morgan fingerprint density at radius 2 is 2.30 bits per heavy atom. The number of pyridine rings is 2. The van der Waals surface area contributed by atoms with Gasteiger partial charge in [0.25, 0.3) is 0 Å². The van der Waals surface area contributed by atoms with Gasteiger partial charge in [0, 0.05) is 36.2 Å². The lowest BCUT2D eigenvalue weighted by Crippen LogP contribution is -2.29. The molecule has 0 amide bonds. The maximum atomic E-state index is 11.4. The molecule has 0 fully saturated rings. The zero-order valence-electron chi connectivity index (χ0n) is 11.6. The standard InChI is InChI=1S/C16H19N3O/c1-11(12-4-3-9-17-10-12)18-14-5-2-6-15-13(14)7-8-16(20)19-15/h3-4,7-11,14,18H,2,5-6H2,1H3,(H,19,20). The number of nitrogens with zero attached hydrogens (tertiary/aromatic N) is 1. The number of aromatic nitrogens is 2. The van der Waals surface area contributed by atoms with E-state index < -0.39 is 0 Å². The maximum Gasteiger partial charge on any atom is 0.248 e. The van der Waals surface area contributed by atoms with Crippen molar-refractivity contribution in [3.63, 3.8) is 0 Å². The van der Waals surface area contributed by atoms with Crippen LogP contribution in [0, 0.1) is 0 Å². The van der Waals surface area contributed by atoms with E-state index in [-0.39, 0.29) is 11.6 Å². The normalized spacial score (nSPS) is 19.4.